The van der Waals surface area contributed by atoms with Gasteiger partial charge >= 0.3 is 0 Å². The molecule has 3 N–H and O–H groups in total. The molecule has 0 radical (unpaired) electrons. The van der Waals surface area contributed by atoms with E-state index in [1.807, 2.05) is 25.1 Å². The number of nitrogens with two attached hydrogens (primary N) is 1. The van der Waals surface area contributed by atoms with Gasteiger partial charge in [0.2, 0.25) is 0 Å². The summed E-state index contributed by atoms with van der Waals surface area (Å²) in [5.41, 5.74) is 7.49. The molecule has 1 aromatic rings. The summed E-state index contributed by atoms with van der Waals surface area (Å²) < 4.78 is 6.04. The number of methoxy groups -OCH3 is 1. The van der Waals surface area contributed by atoms with Gasteiger partial charge in [-0.3, -0.25) is 0 Å². The van der Waals surface area contributed by atoms with E-state index in [4.69, 9.17) is 10.5 Å². The average molecular weight is 259 g/mol. The maximum absolute atomic E-state index is 5.81. The van der Waals surface area contributed by atoms with Gasteiger partial charge in [0.1, 0.15) is 0 Å². The van der Waals surface area contributed by atoms with Crippen LogP contribution in [-0.4, -0.2) is 19.8 Å². The molecule has 0 aliphatic rings. The van der Waals surface area contributed by atoms with Gasteiger partial charge in [-0.05, 0) is 25.1 Å². The standard InChI is InChI=1S/C10H15BrN2O/c1-7(6-14-2)13-10-5-8(11)3-4-9(10)12/h3-5,7,13H,6,12H2,1-2H3/t7-/m0/s1. The van der Waals surface area contributed by atoms with Crippen LogP contribution in [0.5, 0.6) is 0 Å². The van der Waals surface area contributed by atoms with Crippen LogP contribution in [0.2, 0.25) is 0 Å². The van der Waals surface area contributed by atoms with E-state index in [9.17, 15) is 0 Å². The number of rotatable bonds is 4. The number of hydrogen-bond acceptors (Lipinski definition) is 3. The molecule has 0 aliphatic heterocycles. The number of ether oxygens (including phenoxy) is 1. The molecule has 0 saturated carbocycles. The Balaban J connectivity index is 2.70. The summed E-state index contributed by atoms with van der Waals surface area (Å²) in [4.78, 5) is 0. The molecule has 0 fully saturated rings. The van der Waals surface area contributed by atoms with Crippen LogP contribution in [0, 0.1) is 0 Å². The van der Waals surface area contributed by atoms with Crippen LogP contribution in [0.1, 0.15) is 6.92 Å². The van der Waals surface area contributed by atoms with Crippen molar-refractivity contribution in [2.75, 3.05) is 24.8 Å². The van der Waals surface area contributed by atoms with Crippen LogP contribution >= 0.6 is 15.9 Å². The molecule has 0 bridgehead atoms. The Morgan fingerprint density at radius 2 is 2.29 bits per heavy atom. The van der Waals surface area contributed by atoms with Crippen molar-refractivity contribution < 1.29 is 4.74 Å². The third-order valence-electron chi connectivity index (χ3n) is 1.83. The molecule has 1 atom stereocenters. The molecule has 14 heavy (non-hydrogen) atoms. The number of hydrogen-bond donors (Lipinski definition) is 2. The van der Waals surface area contributed by atoms with Crippen LogP contribution in [-0.2, 0) is 4.74 Å². The van der Waals surface area contributed by atoms with Crippen molar-refractivity contribution in [3.05, 3.63) is 22.7 Å². The zero-order chi connectivity index (χ0) is 10.6. The maximum atomic E-state index is 5.81. The summed E-state index contributed by atoms with van der Waals surface area (Å²) in [6.07, 6.45) is 0. The smallest absolute Gasteiger partial charge is 0.0661 e. The number of nitrogen functional groups attached to an aromatic ring is 1. The van der Waals surface area contributed by atoms with Crippen molar-refractivity contribution in [1.29, 1.82) is 0 Å². The van der Waals surface area contributed by atoms with Crippen LogP contribution in [0.25, 0.3) is 0 Å². The van der Waals surface area contributed by atoms with Gasteiger partial charge in [-0.1, -0.05) is 15.9 Å². The molecule has 4 heteroatoms. The van der Waals surface area contributed by atoms with Crippen molar-refractivity contribution >= 4 is 27.3 Å². The Morgan fingerprint density at radius 3 is 2.93 bits per heavy atom. The van der Waals surface area contributed by atoms with Crippen LogP contribution in [0.3, 0.4) is 0 Å². The average Bonchev–Trinajstić information content (AvgIpc) is 2.12. The minimum absolute atomic E-state index is 0.247. The number of nitrogens with one attached hydrogen (secondary N) is 1. The second kappa shape index (κ2) is 5.22. The Morgan fingerprint density at radius 1 is 1.57 bits per heavy atom. The molecule has 0 unspecified atom stereocenters. The van der Waals surface area contributed by atoms with Gasteiger partial charge in [0.25, 0.3) is 0 Å². The molecule has 0 spiro atoms. The van der Waals surface area contributed by atoms with Crippen LogP contribution in [0.4, 0.5) is 11.4 Å². The van der Waals surface area contributed by atoms with Gasteiger partial charge in [0.15, 0.2) is 0 Å². The lowest BCUT2D eigenvalue weighted by Crippen LogP contribution is -2.21. The number of anilines is 2. The highest BCUT2D eigenvalue weighted by Crippen LogP contribution is 2.23. The Labute approximate surface area is 92.8 Å². The molecule has 0 saturated heterocycles. The van der Waals surface area contributed by atoms with Crippen molar-refractivity contribution in [3.63, 3.8) is 0 Å². The second-order valence-electron chi connectivity index (χ2n) is 3.23. The normalized spacial score (nSPS) is 12.5. The summed E-state index contributed by atoms with van der Waals surface area (Å²) in [6, 6.07) is 5.99. The largest absolute Gasteiger partial charge is 0.397 e. The van der Waals surface area contributed by atoms with Gasteiger partial charge in [-0.25, -0.2) is 0 Å². The highest BCUT2D eigenvalue weighted by molar-refractivity contribution is 9.10. The van der Waals surface area contributed by atoms with E-state index in [2.05, 4.69) is 21.2 Å². The van der Waals surface area contributed by atoms with Gasteiger partial charge in [-0.15, -0.1) is 0 Å². The summed E-state index contributed by atoms with van der Waals surface area (Å²) in [6.45, 7) is 2.70. The van der Waals surface area contributed by atoms with Crippen LogP contribution < -0.4 is 11.1 Å². The van der Waals surface area contributed by atoms with E-state index in [0.29, 0.717) is 6.61 Å². The van der Waals surface area contributed by atoms with Crippen LogP contribution in [0.15, 0.2) is 22.7 Å². The maximum Gasteiger partial charge on any atom is 0.0661 e. The molecule has 0 heterocycles. The molecule has 0 aromatic heterocycles. The minimum Gasteiger partial charge on any atom is -0.397 e. The van der Waals surface area contributed by atoms with Gasteiger partial charge in [0, 0.05) is 17.6 Å². The van der Waals surface area contributed by atoms with E-state index in [-0.39, 0.29) is 6.04 Å². The van der Waals surface area contributed by atoms with Crippen molar-refractivity contribution in [2.45, 2.75) is 13.0 Å². The predicted molar refractivity (Wildman–Crippen MR) is 63.5 cm³/mol. The summed E-state index contributed by atoms with van der Waals surface area (Å²) in [5.74, 6) is 0. The molecule has 1 aromatic carbocycles. The summed E-state index contributed by atoms with van der Waals surface area (Å²) in [5, 5.41) is 3.27. The zero-order valence-electron chi connectivity index (χ0n) is 8.38. The fourth-order valence-electron chi connectivity index (χ4n) is 1.21. The van der Waals surface area contributed by atoms with E-state index in [0.717, 1.165) is 15.8 Å². The predicted octanol–water partition coefficient (Wildman–Crippen LogP) is 2.48. The molecular weight excluding hydrogens is 244 g/mol. The van der Waals surface area contributed by atoms with E-state index in [1.165, 1.54) is 0 Å². The third-order valence-corrected chi connectivity index (χ3v) is 2.33. The SMILES string of the molecule is COC[C@H](C)Nc1cc(Br)ccc1N. The topological polar surface area (TPSA) is 47.3 Å². The lowest BCUT2D eigenvalue weighted by molar-refractivity contribution is 0.190. The molecule has 0 aliphatic carbocycles. The Kier molecular flexibility index (Phi) is 4.22. The summed E-state index contributed by atoms with van der Waals surface area (Å²) >= 11 is 3.40. The zero-order valence-corrected chi connectivity index (χ0v) is 9.97. The highest BCUT2D eigenvalue weighted by Gasteiger charge is 2.04. The van der Waals surface area contributed by atoms with Gasteiger partial charge in [-0.2, -0.15) is 0 Å². The fourth-order valence-corrected chi connectivity index (χ4v) is 1.57. The molecule has 0 amide bonds. The van der Waals surface area contributed by atoms with Gasteiger partial charge in [0.05, 0.1) is 18.0 Å². The highest BCUT2D eigenvalue weighted by atomic mass is 79.9. The molecule has 1 rings (SSSR count). The quantitative estimate of drug-likeness (QED) is 0.816. The van der Waals surface area contributed by atoms with Crippen molar-refractivity contribution in [2.24, 2.45) is 0 Å². The molecule has 3 nitrogen and oxygen atoms in total. The Bertz CT molecular complexity index is 304. The van der Waals surface area contributed by atoms with E-state index in [1.54, 1.807) is 7.11 Å². The third kappa shape index (κ3) is 3.20. The molecular formula is C10H15BrN2O. The first-order valence-corrected chi connectivity index (χ1v) is 5.23. The minimum atomic E-state index is 0.247. The Hall–Kier alpha value is -0.740. The lowest BCUT2D eigenvalue weighted by atomic mass is 10.2. The number of halogens is 1. The van der Waals surface area contributed by atoms with Crippen molar-refractivity contribution in [3.8, 4) is 0 Å². The first-order chi connectivity index (χ1) is 6.63. The molecule has 78 valence electrons. The second-order valence-corrected chi connectivity index (χ2v) is 4.15. The van der Waals surface area contributed by atoms with E-state index < -0.39 is 0 Å². The van der Waals surface area contributed by atoms with E-state index >= 15 is 0 Å². The fraction of sp³-hybridized carbons (Fsp3) is 0.400. The van der Waals surface area contributed by atoms with Crippen molar-refractivity contribution in [1.82, 2.24) is 0 Å². The summed E-state index contributed by atoms with van der Waals surface area (Å²) in [7, 11) is 1.68. The van der Waals surface area contributed by atoms with Gasteiger partial charge < -0.3 is 15.8 Å². The first-order valence-electron chi connectivity index (χ1n) is 4.44. The lowest BCUT2D eigenvalue weighted by Gasteiger charge is -2.16. The monoisotopic (exact) mass is 258 g/mol. The first kappa shape index (κ1) is 11.3. The number of benzene rings is 1.